The van der Waals surface area contributed by atoms with E-state index in [1.165, 1.54) is 0 Å². The van der Waals surface area contributed by atoms with E-state index in [1.807, 2.05) is 37.4 Å². The van der Waals surface area contributed by atoms with Crippen molar-refractivity contribution >= 4 is 33.2 Å². The topological polar surface area (TPSA) is 54.5 Å². The Hall–Kier alpha value is -2.08. The van der Waals surface area contributed by atoms with E-state index in [9.17, 15) is 4.79 Å². The van der Waals surface area contributed by atoms with Gasteiger partial charge in [-0.2, -0.15) is 0 Å². The van der Waals surface area contributed by atoms with Gasteiger partial charge in [0.2, 0.25) is 0 Å². The van der Waals surface area contributed by atoms with Crippen LogP contribution in [0, 0.1) is 0 Å². The molecule has 0 atom stereocenters. The molecule has 1 aliphatic heterocycles. The molecule has 0 unspecified atom stereocenters. The molecule has 0 saturated carbocycles. The number of nitrogens with zero attached hydrogens (tertiary/aromatic N) is 2. The number of hydrogen-bond donors (Lipinski definition) is 1. The lowest BCUT2D eigenvalue weighted by atomic mass is 10.2. The van der Waals surface area contributed by atoms with E-state index in [4.69, 9.17) is 4.74 Å². The molecule has 6 heteroatoms. The van der Waals surface area contributed by atoms with Crippen LogP contribution in [0.25, 0.3) is 0 Å². The summed E-state index contributed by atoms with van der Waals surface area (Å²) in [5, 5.41) is 3.07. The monoisotopic (exact) mass is 347 g/mol. The predicted octanol–water partition coefficient (Wildman–Crippen LogP) is 2.81. The standard InChI is InChI=1S/C15H14BrN3O2/c1-17-11-4-5-18-12(7-11)8-19-13-6-10(16)2-3-14(13)21-9-15(19)20/h2-7H,8-9H2,1H3,(H,17,18). The largest absolute Gasteiger partial charge is 0.482 e. The molecule has 1 aliphatic rings. The number of fused-ring (bicyclic) bond motifs is 1. The first-order valence-corrected chi connectivity index (χ1v) is 7.32. The molecule has 3 rings (SSSR count). The molecular weight excluding hydrogens is 334 g/mol. The number of nitrogens with one attached hydrogen (secondary N) is 1. The first kappa shape index (κ1) is 13.9. The highest BCUT2D eigenvalue weighted by Gasteiger charge is 2.26. The number of pyridine rings is 1. The average molecular weight is 348 g/mol. The minimum Gasteiger partial charge on any atom is -0.482 e. The molecule has 2 aromatic rings. The van der Waals surface area contributed by atoms with Crippen molar-refractivity contribution in [2.75, 3.05) is 23.9 Å². The van der Waals surface area contributed by atoms with E-state index in [2.05, 4.69) is 26.2 Å². The third kappa shape index (κ3) is 2.85. The Kier molecular flexibility index (Phi) is 3.79. The van der Waals surface area contributed by atoms with Gasteiger partial charge in [-0.15, -0.1) is 0 Å². The van der Waals surface area contributed by atoms with Gasteiger partial charge in [-0.3, -0.25) is 14.7 Å². The zero-order valence-electron chi connectivity index (χ0n) is 11.5. The highest BCUT2D eigenvalue weighted by atomic mass is 79.9. The van der Waals surface area contributed by atoms with Crippen LogP contribution in [0.1, 0.15) is 5.69 Å². The molecule has 1 N–H and O–H groups in total. The van der Waals surface area contributed by atoms with Crippen molar-refractivity contribution in [3.8, 4) is 5.75 Å². The Bertz CT molecular complexity index is 690. The van der Waals surface area contributed by atoms with Gasteiger partial charge in [-0.05, 0) is 30.3 Å². The van der Waals surface area contributed by atoms with Gasteiger partial charge in [-0.1, -0.05) is 15.9 Å². The molecule has 108 valence electrons. The number of halogens is 1. The average Bonchev–Trinajstić information content (AvgIpc) is 2.50. The highest BCUT2D eigenvalue weighted by molar-refractivity contribution is 9.10. The summed E-state index contributed by atoms with van der Waals surface area (Å²) in [4.78, 5) is 18.2. The van der Waals surface area contributed by atoms with E-state index < -0.39 is 0 Å². The molecule has 0 spiro atoms. The molecule has 0 aliphatic carbocycles. The number of aromatic nitrogens is 1. The zero-order valence-corrected chi connectivity index (χ0v) is 13.1. The van der Waals surface area contributed by atoms with Gasteiger partial charge in [-0.25, -0.2) is 0 Å². The first-order valence-electron chi connectivity index (χ1n) is 6.53. The summed E-state index contributed by atoms with van der Waals surface area (Å²) in [5.41, 5.74) is 2.55. The number of carbonyl (C=O) groups is 1. The van der Waals surface area contributed by atoms with Crippen LogP contribution in [0.2, 0.25) is 0 Å². The SMILES string of the molecule is CNc1ccnc(CN2C(=O)COc3ccc(Br)cc32)c1. The summed E-state index contributed by atoms with van der Waals surface area (Å²) in [6, 6.07) is 9.45. The number of anilines is 2. The molecule has 0 saturated heterocycles. The fourth-order valence-electron chi connectivity index (χ4n) is 2.23. The maximum atomic E-state index is 12.2. The second-order valence-electron chi connectivity index (χ2n) is 4.67. The lowest BCUT2D eigenvalue weighted by Gasteiger charge is -2.29. The maximum Gasteiger partial charge on any atom is 0.265 e. The molecule has 1 aromatic heterocycles. The Morgan fingerprint density at radius 3 is 3.05 bits per heavy atom. The quantitative estimate of drug-likeness (QED) is 0.927. The van der Waals surface area contributed by atoms with Gasteiger partial charge in [0.1, 0.15) is 5.75 Å². The van der Waals surface area contributed by atoms with E-state index in [-0.39, 0.29) is 12.5 Å². The number of ether oxygens (including phenoxy) is 1. The van der Waals surface area contributed by atoms with Crippen LogP contribution < -0.4 is 15.0 Å². The molecule has 21 heavy (non-hydrogen) atoms. The van der Waals surface area contributed by atoms with Gasteiger partial charge in [0.05, 0.1) is 17.9 Å². The smallest absolute Gasteiger partial charge is 0.265 e. The molecule has 5 nitrogen and oxygen atoms in total. The van der Waals surface area contributed by atoms with Crippen LogP contribution in [-0.4, -0.2) is 24.5 Å². The van der Waals surface area contributed by atoms with Crippen LogP contribution in [0.15, 0.2) is 41.0 Å². The van der Waals surface area contributed by atoms with Crippen molar-refractivity contribution in [2.24, 2.45) is 0 Å². The number of rotatable bonds is 3. The van der Waals surface area contributed by atoms with E-state index in [1.54, 1.807) is 11.1 Å². The summed E-state index contributed by atoms with van der Waals surface area (Å²) in [7, 11) is 1.85. The van der Waals surface area contributed by atoms with Gasteiger partial charge in [0.15, 0.2) is 6.61 Å². The molecule has 2 heterocycles. The summed E-state index contributed by atoms with van der Waals surface area (Å²) >= 11 is 3.43. The fraction of sp³-hybridized carbons (Fsp3) is 0.200. The van der Waals surface area contributed by atoms with Gasteiger partial charge in [0, 0.05) is 23.4 Å². The third-order valence-corrected chi connectivity index (χ3v) is 3.78. The highest BCUT2D eigenvalue weighted by Crippen LogP contribution is 2.35. The predicted molar refractivity (Wildman–Crippen MR) is 84.6 cm³/mol. The Morgan fingerprint density at radius 2 is 2.24 bits per heavy atom. The van der Waals surface area contributed by atoms with Gasteiger partial charge in [0.25, 0.3) is 5.91 Å². The second-order valence-corrected chi connectivity index (χ2v) is 5.58. The minimum absolute atomic E-state index is 0.0559. The lowest BCUT2D eigenvalue weighted by Crippen LogP contribution is -2.38. The Balaban J connectivity index is 1.94. The van der Waals surface area contributed by atoms with Gasteiger partial charge < -0.3 is 10.1 Å². The van der Waals surface area contributed by atoms with Crippen molar-refractivity contribution in [1.82, 2.24) is 4.98 Å². The first-order chi connectivity index (χ1) is 10.2. The van der Waals surface area contributed by atoms with Crippen molar-refractivity contribution < 1.29 is 9.53 Å². The number of carbonyl (C=O) groups excluding carboxylic acids is 1. The van der Waals surface area contributed by atoms with E-state index in [0.717, 1.165) is 21.5 Å². The zero-order chi connectivity index (χ0) is 14.8. The summed E-state index contributed by atoms with van der Waals surface area (Å²) in [6.45, 7) is 0.474. The molecule has 0 fully saturated rings. The van der Waals surface area contributed by atoms with Crippen LogP contribution in [0.4, 0.5) is 11.4 Å². The number of hydrogen-bond acceptors (Lipinski definition) is 4. The summed E-state index contributed by atoms with van der Waals surface area (Å²) in [6.07, 6.45) is 1.73. The lowest BCUT2D eigenvalue weighted by molar-refractivity contribution is -0.121. The summed E-state index contributed by atoms with van der Waals surface area (Å²) < 4.78 is 6.36. The molecule has 0 radical (unpaired) electrons. The molecule has 0 bridgehead atoms. The van der Waals surface area contributed by atoms with Crippen LogP contribution in [0.5, 0.6) is 5.75 Å². The van der Waals surface area contributed by atoms with E-state index >= 15 is 0 Å². The summed E-state index contributed by atoms with van der Waals surface area (Å²) in [5.74, 6) is 0.639. The second kappa shape index (κ2) is 5.73. The normalized spacial score (nSPS) is 13.6. The fourth-order valence-corrected chi connectivity index (χ4v) is 2.58. The van der Waals surface area contributed by atoms with Crippen LogP contribution in [-0.2, 0) is 11.3 Å². The molecule has 1 amide bonds. The van der Waals surface area contributed by atoms with Crippen molar-refractivity contribution in [1.29, 1.82) is 0 Å². The minimum atomic E-state index is -0.0720. The van der Waals surface area contributed by atoms with Crippen molar-refractivity contribution in [3.05, 3.63) is 46.7 Å². The van der Waals surface area contributed by atoms with Crippen LogP contribution >= 0.6 is 15.9 Å². The number of benzene rings is 1. The van der Waals surface area contributed by atoms with Crippen molar-refractivity contribution in [3.63, 3.8) is 0 Å². The molecular formula is C15H14BrN3O2. The Morgan fingerprint density at radius 1 is 1.38 bits per heavy atom. The van der Waals surface area contributed by atoms with E-state index in [0.29, 0.717) is 12.3 Å². The van der Waals surface area contributed by atoms with Crippen LogP contribution in [0.3, 0.4) is 0 Å². The third-order valence-electron chi connectivity index (χ3n) is 3.29. The van der Waals surface area contributed by atoms with Gasteiger partial charge >= 0.3 is 0 Å². The Labute approximate surface area is 131 Å². The maximum absolute atomic E-state index is 12.2. The van der Waals surface area contributed by atoms with Crippen molar-refractivity contribution in [2.45, 2.75) is 6.54 Å². The molecule has 1 aromatic carbocycles. The number of amides is 1.